The first-order valence-electron chi connectivity index (χ1n) is 7.14. The highest BCUT2D eigenvalue weighted by molar-refractivity contribution is 5.91. The van der Waals surface area contributed by atoms with Crippen molar-refractivity contribution in [3.8, 4) is 5.75 Å². The molecule has 0 aliphatic carbocycles. The minimum atomic E-state index is 0.190. The van der Waals surface area contributed by atoms with E-state index in [1.807, 2.05) is 0 Å². The summed E-state index contributed by atoms with van der Waals surface area (Å²) < 4.78 is 5.93. The lowest BCUT2D eigenvalue weighted by Crippen LogP contribution is -2.16. The minimum absolute atomic E-state index is 0.190. The van der Waals surface area contributed by atoms with Gasteiger partial charge in [0.2, 0.25) is 0 Å². The van der Waals surface area contributed by atoms with Gasteiger partial charge < -0.3 is 4.74 Å². The fourth-order valence-electron chi connectivity index (χ4n) is 2.41. The summed E-state index contributed by atoms with van der Waals surface area (Å²) >= 11 is 0. The van der Waals surface area contributed by atoms with E-state index in [4.69, 9.17) is 4.74 Å². The van der Waals surface area contributed by atoms with E-state index in [1.54, 1.807) is 0 Å². The summed E-state index contributed by atoms with van der Waals surface area (Å²) in [5.41, 5.74) is 1.59. The van der Waals surface area contributed by atoms with Crippen LogP contribution < -0.4 is 4.74 Å². The van der Waals surface area contributed by atoms with Gasteiger partial charge in [-0.1, -0.05) is 51.1 Å². The van der Waals surface area contributed by atoms with Crippen LogP contribution in [0.15, 0.2) is 36.4 Å². The number of benzene rings is 2. The molecule has 2 aromatic carbocycles. The highest BCUT2D eigenvalue weighted by atomic mass is 16.5. The summed E-state index contributed by atoms with van der Waals surface area (Å²) in [6.45, 7) is 11.0. The molecule has 1 nitrogen and oxygen atoms in total. The van der Waals surface area contributed by atoms with Gasteiger partial charge in [-0.2, -0.15) is 0 Å². The highest BCUT2D eigenvalue weighted by Crippen LogP contribution is 2.37. The van der Waals surface area contributed by atoms with Crippen molar-refractivity contribution in [3.05, 3.63) is 42.0 Å². The zero-order valence-corrected chi connectivity index (χ0v) is 12.7. The zero-order chi connectivity index (χ0) is 14.0. The maximum Gasteiger partial charge on any atom is 0.127 e. The molecular weight excluding hydrogens is 232 g/mol. The topological polar surface area (TPSA) is 9.23 Å². The van der Waals surface area contributed by atoms with E-state index < -0.39 is 0 Å². The SMILES string of the molecule is CCC(C)(C)c1ccc(OC(C)C)c2ccccc12. The van der Waals surface area contributed by atoms with Gasteiger partial charge in [0.1, 0.15) is 5.75 Å². The average molecular weight is 256 g/mol. The smallest absolute Gasteiger partial charge is 0.127 e. The van der Waals surface area contributed by atoms with Gasteiger partial charge >= 0.3 is 0 Å². The van der Waals surface area contributed by atoms with Gasteiger partial charge in [-0.15, -0.1) is 0 Å². The second-order valence-electron chi connectivity index (χ2n) is 6.06. The van der Waals surface area contributed by atoms with Crippen molar-refractivity contribution in [2.24, 2.45) is 0 Å². The van der Waals surface area contributed by atoms with E-state index in [9.17, 15) is 0 Å². The molecule has 0 amide bonds. The van der Waals surface area contributed by atoms with E-state index in [1.165, 1.54) is 16.3 Å². The van der Waals surface area contributed by atoms with Crippen molar-refractivity contribution < 1.29 is 4.74 Å². The summed E-state index contributed by atoms with van der Waals surface area (Å²) in [6.07, 6.45) is 1.33. The molecule has 1 heteroatoms. The Labute approximate surface area is 116 Å². The number of ether oxygens (including phenoxy) is 1. The van der Waals surface area contributed by atoms with Crippen molar-refractivity contribution in [3.63, 3.8) is 0 Å². The Morgan fingerprint density at radius 2 is 1.63 bits per heavy atom. The zero-order valence-electron chi connectivity index (χ0n) is 12.7. The summed E-state index contributed by atoms with van der Waals surface area (Å²) in [4.78, 5) is 0. The molecule has 2 rings (SSSR count). The third-order valence-corrected chi connectivity index (χ3v) is 3.86. The van der Waals surface area contributed by atoms with Gasteiger partial charge in [-0.05, 0) is 42.7 Å². The number of hydrogen-bond donors (Lipinski definition) is 0. The van der Waals surface area contributed by atoms with E-state index in [-0.39, 0.29) is 11.5 Å². The van der Waals surface area contributed by atoms with Gasteiger partial charge in [0, 0.05) is 5.39 Å². The van der Waals surface area contributed by atoms with Gasteiger partial charge in [0.25, 0.3) is 0 Å². The third kappa shape index (κ3) is 2.75. The molecule has 0 radical (unpaired) electrons. The summed E-state index contributed by atoms with van der Waals surface area (Å²) in [5, 5.41) is 2.53. The Balaban J connectivity index is 2.65. The summed E-state index contributed by atoms with van der Waals surface area (Å²) in [6, 6.07) is 12.9. The Morgan fingerprint density at radius 3 is 2.21 bits per heavy atom. The molecule has 0 saturated carbocycles. The Kier molecular flexibility index (Phi) is 3.84. The van der Waals surface area contributed by atoms with Crippen molar-refractivity contribution in [1.29, 1.82) is 0 Å². The van der Waals surface area contributed by atoms with Crippen LogP contribution >= 0.6 is 0 Å². The highest BCUT2D eigenvalue weighted by Gasteiger charge is 2.21. The van der Waals surface area contributed by atoms with Crippen LogP contribution in [-0.4, -0.2) is 6.10 Å². The van der Waals surface area contributed by atoms with E-state index in [2.05, 4.69) is 71.0 Å². The third-order valence-electron chi connectivity index (χ3n) is 3.86. The monoisotopic (exact) mass is 256 g/mol. The molecule has 0 aromatic heterocycles. The molecule has 2 aromatic rings. The Hall–Kier alpha value is -1.50. The molecule has 0 aliphatic heterocycles. The molecule has 0 unspecified atom stereocenters. The van der Waals surface area contributed by atoms with Crippen LogP contribution in [0.1, 0.15) is 46.6 Å². The maximum atomic E-state index is 5.93. The van der Waals surface area contributed by atoms with Crippen LogP contribution in [0.25, 0.3) is 10.8 Å². The molecule has 0 bridgehead atoms. The van der Waals surface area contributed by atoms with E-state index in [0.29, 0.717) is 0 Å². The molecule has 0 aliphatic rings. The molecule has 102 valence electrons. The number of rotatable bonds is 4. The van der Waals surface area contributed by atoms with E-state index in [0.717, 1.165) is 12.2 Å². The lowest BCUT2D eigenvalue weighted by molar-refractivity contribution is 0.245. The largest absolute Gasteiger partial charge is 0.490 e. The van der Waals surface area contributed by atoms with Crippen molar-refractivity contribution >= 4 is 10.8 Å². The van der Waals surface area contributed by atoms with Crippen molar-refractivity contribution in [1.82, 2.24) is 0 Å². The number of hydrogen-bond acceptors (Lipinski definition) is 1. The number of fused-ring (bicyclic) bond motifs is 1. The second kappa shape index (κ2) is 5.24. The minimum Gasteiger partial charge on any atom is -0.490 e. The molecule has 0 spiro atoms. The van der Waals surface area contributed by atoms with Gasteiger partial charge in [0.05, 0.1) is 6.10 Å². The summed E-state index contributed by atoms with van der Waals surface area (Å²) in [7, 11) is 0. The fourth-order valence-corrected chi connectivity index (χ4v) is 2.41. The lowest BCUT2D eigenvalue weighted by Gasteiger charge is -2.26. The predicted molar refractivity (Wildman–Crippen MR) is 83.0 cm³/mol. The van der Waals surface area contributed by atoms with Crippen molar-refractivity contribution in [2.45, 2.75) is 52.6 Å². The average Bonchev–Trinajstić information content (AvgIpc) is 2.38. The van der Waals surface area contributed by atoms with Crippen LogP contribution in [0.5, 0.6) is 5.75 Å². The first kappa shape index (κ1) is 13.9. The molecule has 0 heterocycles. The normalized spacial score (nSPS) is 12.1. The molecular formula is C18H24O. The van der Waals surface area contributed by atoms with Crippen LogP contribution in [0.3, 0.4) is 0 Å². The summed E-state index contributed by atoms with van der Waals surface area (Å²) in [5.74, 6) is 0.987. The Morgan fingerprint density at radius 1 is 1.00 bits per heavy atom. The predicted octanol–water partition coefficient (Wildman–Crippen LogP) is 5.31. The van der Waals surface area contributed by atoms with Crippen LogP contribution in [0.2, 0.25) is 0 Å². The molecule has 19 heavy (non-hydrogen) atoms. The van der Waals surface area contributed by atoms with Crippen molar-refractivity contribution in [2.75, 3.05) is 0 Å². The fraction of sp³-hybridized carbons (Fsp3) is 0.444. The Bertz CT molecular complexity index is 567. The van der Waals surface area contributed by atoms with Gasteiger partial charge in [-0.3, -0.25) is 0 Å². The standard InChI is InChI=1S/C18H24O/c1-6-18(4,5)16-11-12-17(19-13(2)3)15-10-8-7-9-14(15)16/h7-13H,6H2,1-5H3. The second-order valence-corrected chi connectivity index (χ2v) is 6.06. The maximum absolute atomic E-state index is 5.93. The van der Waals surface area contributed by atoms with Gasteiger partial charge in [0.15, 0.2) is 0 Å². The molecule has 0 atom stereocenters. The van der Waals surface area contributed by atoms with Gasteiger partial charge in [-0.25, -0.2) is 0 Å². The van der Waals surface area contributed by atoms with Crippen LogP contribution in [0, 0.1) is 0 Å². The van der Waals surface area contributed by atoms with Crippen LogP contribution in [-0.2, 0) is 5.41 Å². The molecule has 0 N–H and O–H groups in total. The lowest BCUT2D eigenvalue weighted by atomic mass is 9.79. The molecule has 0 fully saturated rings. The quantitative estimate of drug-likeness (QED) is 0.720. The first-order chi connectivity index (χ1) is 8.95. The molecule has 0 saturated heterocycles. The first-order valence-corrected chi connectivity index (χ1v) is 7.14. The van der Waals surface area contributed by atoms with E-state index >= 15 is 0 Å². The van der Waals surface area contributed by atoms with Crippen LogP contribution in [0.4, 0.5) is 0 Å².